The second-order valence-corrected chi connectivity index (χ2v) is 13.2. The van der Waals surface area contributed by atoms with Gasteiger partial charge in [-0.3, -0.25) is 9.59 Å². The highest BCUT2D eigenvalue weighted by molar-refractivity contribution is 6.05. The Balaban J connectivity index is 1.76. The van der Waals surface area contributed by atoms with E-state index in [2.05, 4.69) is 59.0 Å². The lowest BCUT2D eigenvalue weighted by molar-refractivity contribution is -0.148. The summed E-state index contributed by atoms with van der Waals surface area (Å²) in [6.45, 7) is 15.3. The summed E-state index contributed by atoms with van der Waals surface area (Å²) >= 11 is 0. The highest BCUT2D eigenvalue weighted by atomic mass is 16.5. The van der Waals surface area contributed by atoms with Crippen molar-refractivity contribution in [3.8, 4) is 5.75 Å². The Morgan fingerprint density at radius 2 is 1.88 bits per heavy atom. The normalized spacial score (nSPS) is 37.0. The van der Waals surface area contributed by atoms with Crippen LogP contribution in [0.4, 0.5) is 0 Å². The second-order valence-electron chi connectivity index (χ2n) is 13.2. The predicted molar refractivity (Wildman–Crippen MR) is 157 cm³/mol. The molecule has 0 radical (unpaired) electrons. The third kappa shape index (κ3) is 5.80. The molecule has 1 saturated heterocycles. The number of aliphatic hydroxyl groups is 1. The summed E-state index contributed by atoms with van der Waals surface area (Å²) in [4.78, 5) is 28.5. The van der Waals surface area contributed by atoms with Crippen molar-refractivity contribution in [2.24, 2.45) is 40.9 Å². The summed E-state index contributed by atoms with van der Waals surface area (Å²) in [7, 11) is 0. The van der Waals surface area contributed by atoms with Crippen molar-refractivity contribution < 1.29 is 24.5 Å². The Hall–Kier alpha value is -2.44. The number of Topliss-reactive ketones (excluding diaryl/α,β-unsaturated/α-hetero) is 1. The molecule has 3 aliphatic rings. The zero-order valence-electron chi connectivity index (χ0n) is 25.4. The van der Waals surface area contributed by atoms with Gasteiger partial charge in [0.25, 0.3) is 0 Å². The molecule has 1 saturated carbocycles. The van der Waals surface area contributed by atoms with Crippen LogP contribution < -0.4 is 5.32 Å². The number of carbonyl (C=O) groups excluding carboxylic acids is 2. The molecule has 4 rings (SSSR count). The number of hydrogen-bond donors (Lipinski definition) is 3. The predicted octanol–water partition coefficient (Wildman–Crippen LogP) is 5.97. The van der Waals surface area contributed by atoms with Crippen LogP contribution in [-0.2, 0) is 20.7 Å². The van der Waals surface area contributed by atoms with E-state index in [-0.39, 0.29) is 47.7 Å². The molecule has 1 heterocycles. The van der Waals surface area contributed by atoms with Gasteiger partial charge >= 0.3 is 0 Å². The average Bonchev–Trinajstić information content (AvgIpc) is 3.12. The van der Waals surface area contributed by atoms with Gasteiger partial charge in [-0.2, -0.15) is 0 Å². The number of aromatic hydroxyl groups is 1. The van der Waals surface area contributed by atoms with Crippen LogP contribution in [0.5, 0.6) is 5.75 Å². The van der Waals surface area contributed by atoms with Gasteiger partial charge in [-0.05, 0) is 74.5 Å². The van der Waals surface area contributed by atoms with Crippen LogP contribution in [0, 0.1) is 40.9 Å². The maximum atomic E-state index is 14.8. The Labute approximate surface area is 240 Å². The lowest BCUT2D eigenvalue weighted by atomic mass is 9.51. The summed E-state index contributed by atoms with van der Waals surface area (Å²) < 4.78 is 6.06. The molecule has 0 spiro atoms. The maximum Gasteiger partial charge on any atom is 0.235 e. The van der Waals surface area contributed by atoms with E-state index in [0.29, 0.717) is 11.8 Å². The van der Waals surface area contributed by atoms with Crippen molar-refractivity contribution in [1.82, 2.24) is 5.32 Å². The van der Waals surface area contributed by atoms with Crippen molar-refractivity contribution in [3.05, 3.63) is 53.1 Å². The van der Waals surface area contributed by atoms with Crippen LogP contribution in [0.3, 0.4) is 0 Å². The van der Waals surface area contributed by atoms with E-state index in [4.69, 9.17) is 4.74 Å². The van der Waals surface area contributed by atoms with Gasteiger partial charge in [0.15, 0.2) is 11.5 Å². The van der Waals surface area contributed by atoms with Crippen LogP contribution in [-0.4, -0.2) is 40.3 Å². The summed E-state index contributed by atoms with van der Waals surface area (Å²) in [5, 5.41) is 24.3. The average molecular weight is 552 g/mol. The zero-order valence-corrected chi connectivity index (χ0v) is 25.4. The van der Waals surface area contributed by atoms with Crippen LogP contribution >= 0.6 is 0 Å². The Morgan fingerprint density at radius 3 is 2.50 bits per heavy atom. The van der Waals surface area contributed by atoms with Crippen molar-refractivity contribution in [2.75, 3.05) is 6.61 Å². The molecule has 2 aliphatic carbocycles. The highest BCUT2D eigenvalue weighted by Gasteiger charge is 2.60. The molecule has 1 aliphatic heterocycles. The first kappa shape index (κ1) is 30.5. The lowest BCUT2D eigenvalue weighted by Gasteiger charge is -2.52. The minimum atomic E-state index is -1.73. The van der Waals surface area contributed by atoms with Gasteiger partial charge in [0.2, 0.25) is 5.91 Å². The second kappa shape index (κ2) is 11.8. The molecule has 4 unspecified atom stereocenters. The molecule has 3 N–H and O–H groups in total. The minimum Gasteiger partial charge on any atom is -0.508 e. The largest absolute Gasteiger partial charge is 0.508 e. The number of ketones is 1. The SMILES string of the molecule is CCOC1C(C(=O)[C@H]2[C@@H](/C(C)=C/C(C)CC)C(C)=C[C@@]3(C)C[C@@H](C)CC[C@H]23)C(=O)NC1(O)Cc1ccc(O)cc1. The zero-order chi connectivity index (χ0) is 29.4. The fraction of sp³-hybridized carbons (Fsp3) is 0.647. The first-order chi connectivity index (χ1) is 18.8. The fourth-order valence-corrected chi connectivity index (χ4v) is 8.10. The standard InChI is InChI=1S/C34H49NO5/c1-8-20(3)16-22(5)27-23(6)18-33(7)17-21(4)10-15-26(33)28(27)30(37)29-31(40-9-2)34(39,35-32(29)38)19-24-11-13-25(36)14-12-24/h11-14,16,18,20-21,26-29,31,36,39H,8-10,15,17,19H2,1-7H3,(H,35,38)/b22-16+/t20?,21-,26+,27-,28+,29?,31?,33+,34?/m0/s1. The fourth-order valence-electron chi connectivity index (χ4n) is 8.10. The molecule has 6 nitrogen and oxygen atoms in total. The van der Waals surface area contributed by atoms with Crippen LogP contribution in [0.15, 0.2) is 47.6 Å². The van der Waals surface area contributed by atoms with E-state index in [9.17, 15) is 19.8 Å². The smallest absolute Gasteiger partial charge is 0.235 e. The summed E-state index contributed by atoms with van der Waals surface area (Å²) in [6.07, 6.45) is 7.84. The van der Waals surface area contributed by atoms with E-state index in [1.54, 1.807) is 24.3 Å². The number of amides is 1. The first-order valence-corrected chi connectivity index (χ1v) is 15.2. The molecule has 0 aromatic heterocycles. The Bertz CT molecular complexity index is 1160. The van der Waals surface area contributed by atoms with Gasteiger partial charge in [-0.15, -0.1) is 0 Å². The van der Waals surface area contributed by atoms with Crippen LogP contribution in [0.2, 0.25) is 0 Å². The molecule has 40 heavy (non-hydrogen) atoms. The van der Waals surface area contributed by atoms with E-state index in [0.717, 1.165) is 31.2 Å². The van der Waals surface area contributed by atoms with Crippen LogP contribution in [0.1, 0.15) is 79.7 Å². The number of allylic oxidation sites excluding steroid dienone is 4. The van der Waals surface area contributed by atoms with E-state index >= 15 is 0 Å². The molecular weight excluding hydrogens is 502 g/mol. The number of carbonyl (C=O) groups is 2. The van der Waals surface area contributed by atoms with E-state index in [1.807, 2.05) is 6.92 Å². The Kier molecular flexibility index (Phi) is 9.01. The number of phenolic OH excluding ortho intramolecular Hbond substituents is 1. The summed E-state index contributed by atoms with van der Waals surface area (Å²) in [5.41, 5.74) is 1.27. The molecule has 2 fully saturated rings. The molecule has 1 aromatic carbocycles. The van der Waals surface area contributed by atoms with Gasteiger partial charge in [0.05, 0.1) is 0 Å². The number of phenols is 1. The molecule has 9 atom stereocenters. The monoisotopic (exact) mass is 551 g/mol. The highest BCUT2D eigenvalue weighted by Crippen LogP contribution is 2.57. The molecule has 6 heteroatoms. The summed E-state index contributed by atoms with van der Waals surface area (Å²) in [5.74, 6) is -0.904. The summed E-state index contributed by atoms with van der Waals surface area (Å²) in [6, 6.07) is 6.51. The molecule has 0 bridgehead atoms. The van der Waals surface area contributed by atoms with Gasteiger partial charge in [-0.25, -0.2) is 0 Å². The number of nitrogens with one attached hydrogen (secondary N) is 1. The minimum absolute atomic E-state index is 0.0751. The quantitative estimate of drug-likeness (QED) is 0.260. The number of hydrogen-bond acceptors (Lipinski definition) is 5. The molecule has 220 valence electrons. The molecule has 1 aromatic rings. The first-order valence-electron chi connectivity index (χ1n) is 15.2. The topological polar surface area (TPSA) is 95.9 Å². The third-order valence-corrected chi connectivity index (χ3v) is 9.92. The lowest BCUT2D eigenvalue weighted by Crippen LogP contribution is -2.54. The van der Waals surface area contributed by atoms with E-state index < -0.39 is 23.7 Å². The molecular formula is C34H49NO5. The molecule has 1 amide bonds. The number of ether oxygens (including phenoxy) is 1. The van der Waals surface area contributed by atoms with Gasteiger partial charge < -0.3 is 20.3 Å². The van der Waals surface area contributed by atoms with Crippen molar-refractivity contribution in [3.63, 3.8) is 0 Å². The third-order valence-electron chi connectivity index (χ3n) is 9.92. The van der Waals surface area contributed by atoms with Gasteiger partial charge in [0, 0.05) is 24.9 Å². The van der Waals surface area contributed by atoms with Gasteiger partial charge in [-0.1, -0.05) is 76.0 Å². The number of fused-ring (bicyclic) bond motifs is 1. The van der Waals surface area contributed by atoms with Crippen molar-refractivity contribution >= 4 is 11.7 Å². The van der Waals surface area contributed by atoms with Crippen molar-refractivity contribution in [1.29, 1.82) is 0 Å². The van der Waals surface area contributed by atoms with Crippen LogP contribution in [0.25, 0.3) is 0 Å². The Morgan fingerprint density at radius 1 is 1.20 bits per heavy atom. The number of benzene rings is 1. The number of rotatable bonds is 9. The van der Waals surface area contributed by atoms with Crippen molar-refractivity contribution in [2.45, 2.75) is 92.4 Å². The van der Waals surface area contributed by atoms with Gasteiger partial charge in [0.1, 0.15) is 17.8 Å². The van der Waals surface area contributed by atoms with E-state index in [1.165, 1.54) is 11.1 Å². The maximum absolute atomic E-state index is 14.8.